The first-order valence-corrected chi connectivity index (χ1v) is 7.71. The van der Waals surface area contributed by atoms with Gasteiger partial charge in [0.15, 0.2) is 0 Å². The molecule has 0 fully saturated rings. The Morgan fingerprint density at radius 3 is 2.20 bits per heavy atom. The summed E-state index contributed by atoms with van der Waals surface area (Å²) in [5, 5.41) is 0. The van der Waals surface area contributed by atoms with Crippen LogP contribution < -0.4 is 0 Å². The van der Waals surface area contributed by atoms with Gasteiger partial charge >= 0.3 is 0 Å². The first-order valence-electron chi connectivity index (χ1n) is 7.71. The van der Waals surface area contributed by atoms with E-state index in [9.17, 15) is 0 Å². The highest BCUT2D eigenvalue weighted by Gasteiger charge is 2.03. The molecule has 0 heterocycles. The average molecular weight is 272 g/mol. The van der Waals surface area contributed by atoms with Gasteiger partial charge in [0.05, 0.1) is 0 Å². The van der Waals surface area contributed by atoms with Crippen LogP contribution in [0.5, 0.6) is 0 Å². The molecule has 0 aromatic carbocycles. The number of allylic oxidation sites excluding steroid dienone is 11. The van der Waals surface area contributed by atoms with Crippen LogP contribution in [0.1, 0.15) is 48.5 Å². The van der Waals surface area contributed by atoms with Crippen molar-refractivity contribution in [2.75, 3.05) is 0 Å². The molecule has 0 spiro atoms. The highest BCUT2D eigenvalue weighted by Crippen LogP contribution is 2.21. The minimum atomic E-state index is 0.471. The molecule has 20 heavy (non-hydrogen) atoms. The number of rotatable bonds is 3. The molecule has 0 radical (unpaired) electrons. The summed E-state index contributed by atoms with van der Waals surface area (Å²) < 4.78 is 0. The Kier molecular flexibility index (Phi) is 14.4. The fraction of sp³-hybridized carbons (Fsp3) is 0.400. The van der Waals surface area contributed by atoms with Gasteiger partial charge in [0.25, 0.3) is 0 Å². The summed E-state index contributed by atoms with van der Waals surface area (Å²) in [6.45, 7) is 18.2. The van der Waals surface area contributed by atoms with Crippen LogP contribution in [0.15, 0.2) is 71.9 Å². The van der Waals surface area contributed by atoms with E-state index in [1.165, 1.54) is 16.7 Å². The van der Waals surface area contributed by atoms with Crippen molar-refractivity contribution in [3.8, 4) is 0 Å². The summed E-state index contributed by atoms with van der Waals surface area (Å²) >= 11 is 0. The van der Waals surface area contributed by atoms with E-state index in [0.29, 0.717) is 5.92 Å². The van der Waals surface area contributed by atoms with Gasteiger partial charge in [-0.2, -0.15) is 0 Å². The second kappa shape index (κ2) is 13.9. The van der Waals surface area contributed by atoms with E-state index in [1.54, 1.807) is 0 Å². The Bertz CT molecular complexity index is 398. The maximum absolute atomic E-state index is 3.87. The van der Waals surface area contributed by atoms with Gasteiger partial charge in [-0.15, -0.1) is 0 Å². The topological polar surface area (TPSA) is 0 Å². The van der Waals surface area contributed by atoms with E-state index >= 15 is 0 Å². The van der Waals surface area contributed by atoms with Crippen molar-refractivity contribution in [1.82, 2.24) is 0 Å². The van der Waals surface area contributed by atoms with Gasteiger partial charge in [0, 0.05) is 0 Å². The summed E-state index contributed by atoms with van der Waals surface area (Å²) in [4.78, 5) is 0. The van der Waals surface area contributed by atoms with Gasteiger partial charge in [-0.05, 0) is 30.9 Å². The van der Waals surface area contributed by atoms with Crippen molar-refractivity contribution in [2.45, 2.75) is 48.5 Å². The van der Waals surface area contributed by atoms with E-state index < -0.39 is 0 Å². The lowest BCUT2D eigenvalue weighted by atomic mass is 10.0. The maximum atomic E-state index is 3.87. The van der Waals surface area contributed by atoms with E-state index in [-0.39, 0.29) is 0 Å². The van der Waals surface area contributed by atoms with E-state index in [1.807, 2.05) is 52.8 Å². The zero-order valence-corrected chi connectivity index (χ0v) is 14.4. The highest BCUT2D eigenvalue weighted by atomic mass is 14.1. The van der Waals surface area contributed by atoms with Crippen molar-refractivity contribution in [3.05, 3.63) is 71.9 Å². The minimum Gasteiger partial charge on any atom is -0.0984 e. The molecule has 1 unspecified atom stereocenters. The fourth-order valence-electron chi connectivity index (χ4n) is 1.75. The van der Waals surface area contributed by atoms with Gasteiger partial charge in [0.2, 0.25) is 0 Å². The van der Waals surface area contributed by atoms with Crippen LogP contribution in [-0.4, -0.2) is 0 Å². The third-order valence-electron chi connectivity index (χ3n) is 2.52. The van der Waals surface area contributed by atoms with Crippen molar-refractivity contribution < 1.29 is 0 Å². The smallest absolute Gasteiger partial charge is 0.00670 e. The van der Waals surface area contributed by atoms with E-state index in [0.717, 1.165) is 0 Å². The SMILES string of the molecule is C=C/C(=C\C=C/C)C1=CC(C)C=C(C)C=C1.CC.CC. The quantitative estimate of drug-likeness (QED) is 0.495. The van der Waals surface area contributed by atoms with Gasteiger partial charge in [-0.25, -0.2) is 0 Å². The summed E-state index contributed by atoms with van der Waals surface area (Å²) in [6, 6.07) is 0. The predicted octanol–water partition coefficient (Wildman–Crippen LogP) is 6.81. The monoisotopic (exact) mass is 272 g/mol. The molecule has 0 aromatic heterocycles. The summed E-state index contributed by atoms with van der Waals surface area (Å²) in [7, 11) is 0. The van der Waals surface area contributed by atoms with Crippen molar-refractivity contribution in [2.24, 2.45) is 5.92 Å². The molecular weight excluding hydrogens is 240 g/mol. The molecule has 0 N–H and O–H groups in total. The molecule has 0 bridgehead atoms. The van der Waals surface area contributed by atoms with Gasteiger partial charge < -0.3 is 0 Å². The predicted molar refractivity (Wildman–Crippen MR) is 95.9 cm³/mol. The van der Waals surface area contributed by atoms with Crippen LogP contribution >= 0.6 is 0 Å². The van der Waals surface area contributed by atoms with Crippen LogP contribution in [0.3, 0.4) is 0 Å². The fourth-order valence-corrected chi connectivity index (χ4v) is 1.75. The highest BCUT2D eigenvalue weighted by molar-refractivity contribution is 5.50. The summed E-state index contributed by atoms with van der Waals surface area (Å²) in [5.41, 5.74) is 3.73. The molecule has 1 aliphatic rings. The molecule has 0 aromatic rings. The molecule has 1 aliphatic carbocycles. The second-order valence-electron chi connectivity index (χ2n) is 4.08. The standard InChI is InChI=1S/C16H20.2C2H6/c1-5-7-8-15(6-2)16-10-9-13(3)11-14(4)12-16;2*1-2/h5-12,14H,2H2,1,3-4H3;2*1-2H3/b7-5-,15-8+;;. The van der Waals surface area contributed by atoms with Crippen LogP contribution in [0, 0.1) is 5.92 Å². The van der Waals surface area contributed by atoms with Crippen LogP contribution in [-0.2, 0) is 0 Å². The average Bonchev–Trinajstić information content (AvgIpc) is 2.65. The van der Waals surface area contributed by atoms with Crippen LogP contribution in [0.25, 0.3) is 0 Å². The second-order valence-corrected chi connectivity index (χ2v) is 4.08. The normalized spacial score (nSPS) is 17.9. The lowest BCUT2D eigenvalue weighted by Gasteiger charge is -2.04. The molecule has 1 atom stereocenters. The van der Waals surface area contributed by atoms with E-state index in [2.05, 4.69) is 50.8 Å². The number of hydrogen-bond acceptors (Lipinski definition) is 0. The Labute approximate surface area is 127 Å². The third kappa shape index (κ3) is 8.53. The van der Waals surface area contributed by atoms with Gasteiger partial charge in [0.1, 0.15) is 0 Å². The van der Waals surface area contributed by atoms with E-state index in [4.69, 9.17) is 0 Å². The summed E-state index contributed by atoms with van der Waals surface area (Å²) in [5.74, 6) is 0.471. The molecule has 0 amide bonds. The van der Waals surface area contributed by atoms with Gasteiger partial charge in [-0.1, -0.05) is 95.4 Å². The Hall–Kier alpha value is -1.56. The molecule has 0 saturated carbocycles. The molecule has 1 rings (SSSR count). The zero-order valence-electron chi connectivity index (χ0n) is 14.4. The molecular formula is C20H32. The zero-order chi connectivity index (χ0) is 16.0. The molecule has 0 nitrogen and oxygen atoms in total. The first kappa shape index (κ1) is 20.8. The first-order chi connectivity index (χ1) is 9.67. The molecule has 112 valence electrons. The molecule has 0 heteroatoms. The minimum absolute atomic E-state index is 0.471. The molecule has 0 saturated heterocycles. The van der Waals surface area contributed by atoms with Crippen molar-refractivity contribution in [1.29, 1.82) is 0 Å². The van der Waals surface area contributed by atoms with Crippen LogP contribution in [0.4, 0.5) is 0 Å². The van der Waals surface area contributed by atoms with Crippen LogP contribution in [0.2, 0.25) is 0 Å². The largest absolute Gasteiger partial charge is 0.0984 e. The Morgan fingerprint density at radius 2 is 1.70 bits per heavy atom. The lowest BCUT2D eigenvalue weighted by Crippen LogP contribution is -1.87. The lowest BCUT2D eigenvalue weighted by molar-refractivity contribution is 0.927. The Morgan fingerprint density at radius 1 is 1.10 bits per heavy atom. The third-order valence-corrected chi connectivity index (χ3v) is 2.52. The number of hydrogen-bond donors (Lipinski definition) is 0. The molecule has 0 aliphatic heterocycles. The maximum Gasteiger partial charge on any atom is -0.00670 e. The van der Waals surface area contributed by atoms with Crippen molar-refractivity contribution >= 4 is 0 Å². The van der Waals surface area contributed by atoms with Gasteiger partial charge in [-0.3, -0.25) is 0 Å². The summed E-state index contributed by atoms with van der Waals surface area (Å²) in [6.07, 6.45) is 16.9. The Balaban J connectivity index is 0. The van der Waals surface area contributed by atoms with Crippen molar-refractivity contribution in [3.63, 3.8) is 0 Å².